The summed E-state index contributed by atoms with van der Waals surface area (Å²) < 4.78 is 11.5. The van der Waals surface area contributed by atoms with Crippen LogP contribution < -0.4 is 20.1 Å². The maximum Gasteiger partial charge on any atom is 0.322 e. The van der Waals surface area contributed by atoms with E-state index < -0.39 is 17.7 Å². The van der Waals surface area contributed by atoms with Crippen molar-refractivity contribution in [3.8, 4) is 11.5 Å². The van der Waals surface area contributed by atoms with Crippen LogP contribution in [0, 0.1) is 11.8 Å². The lowest BCUT2D eigenvalue weighted by Gasteiger charge is -2.41. The largest absolute Gasteiger partial charge is 0.485 e. The highest BCUT2D eigenvalue weighted by Crippen LogP contribution is 2.36. The number of carbonyl (C=O) groups excluding carboxylic acids is 3. The topological polar surface area (TPSA) is 97.0 Å². The molecule has 0 unspecified atom stereocenters. The smallest absolute Gasteiger partial charge is 0.322 e. The molecule has 0 aliphatic carbocycles. The number of rotatable bonds is 5. The van der Waals surface area contributed by atoms with Gasteiger partial charge in [-0.05, 0) is 49.7 Å². The van der Waals surface area contributed by atoms with Crippen LogP contribution in [0.2, 0.25) is 0 Å². The minimum absolute atomic E-state index is 0.00370. The first-order chi connectivity index (χ1) is 14.4. The van der Waals surface area contributed by atoms with Gasteiger partial charge < -0.3 is 19.7 Å². The Hall–Kier alpha value is -2.77. The van der Waals surface area contributed by atoms with Crippen LogP contribution in [0.4, 0.5) is 4.79 Å². The van der Waals surface area contributed by atoms with E-state index in [0.717, 1.165) is 6.42 Å². The fourth-order valence-electron chi connectivity index (χ4n) is 4.63. The maximum atomic E-state index is 13.0. The summed E-state index contributed by atoms with van der Waals surface area (Å²) >= 11 is 0. The van der Waals surface area contributed by atoms with Crippen LogP contribution in [0.15, 0.2) is 24.3 Å². The van der Waals surface area contributed by atoms with Crippen LogP contribution in [0.25, 0.3) is 0 Å². The zero-order valence-electron chi connectivity index (χ0n) is 17.5. The second-order valence-electron chi connectivity index (χ2n) is 8.78. The zero-order valence-corrected chi connectivity index (χ0v) is 17.5. The van der Waals surface area contributed by atoms with Crippen molar-refractivity contribution in [2.24, 2.45) is 11.8 Å². The summed E-state index contributed by atoms with van der Waals surface area (Å²) in [5, 5.41) is 5.33. The van der Waals surface area contributed by atoms with Crippen molar-refractivity contribution in [1.82, 2.24) is 15.5 Å². The number of carbonyl (C=O) groups is 3. The third-order valence-corrected chi connectivity index (χ3v) is 6.37. The number of hydrogen-bond donors (Lipinski definition) is 2. The van der Waals surface area contributed by atoms with Gasteiger partial charge >= 0.3 is 6.03 Å². The molecule has 3 aliphatic heterocycles. The van der Waals surface area contributed by atoms with Crippen LogP contribution in [0.5, 0.6) is 11.5 Å². The van der Waals surface area contributed by atoms with Gasteiger partial charge in [0.1, 0.15) is 12.1 Å². The van der Waals surface area contributed by atoms with Crippen molar-refractivity contribution in [1.29, 1.82) is 0 Å². The zero-order chi connectivity index (χ0) is 21.3. The van der Waals surface area contributed by atoms with Crippen LogP contribution >= 0.6 is 0 Å². The second kappa shape index (κ2) is 8.16. The van der Waals surface area contributed by atoms with Crippen molar-refractivity contribution >= 4 is 17.8 Å². The molecule has 4 rings (SSSR count). The first-order valence-corrected chi connectivity index (χ1v) is 10.7. The molecule has 2 atom stereocenters. The molecule has 0 spiro atoms. The van der Waals surface area contributed by atoms with Gasteiger partial charge in [-0.25, -0.2) is 4.79 Å². The Kier molecular flexibility index (Phi) is 5.58. The molecule has 2 saturated heterocycles. The van der Waals surface area contributed by atoms with E-state index in [2.05, 4.69) is 24.5 Å². The van der Waals surface area contributed by atoms with Crippen LogP contribution in [-0.2, 0) is 9.59 Å². The van der Waals surface area contributed by atoms with Crippen molar-refractivity contribution in [3.63, 3.8) is 0 Å². The molecule has 0 saturated carbocycles. The summed E-state index contributed by atoms with van der Waals surface area (Å²) in [6.07, 6.45) is 2.10. The summed E-state index contributed by atoms with van der Waals surface area (Å²) in [7, 11) is 0. The molecule has 2 fully saturated rings. The highest BCUT2D eigenvalue weighted by Gasteiger charge is 2.52. The number of nitrogens with one attached hydrogen (secondary N) is 2. The first-order valence-electron chi connectivity index (χ1n) is 10.7. The van der Waals surface area contributed by atoms with Gasteiger partial charge in [-0.15, -0.1) is 0 Å². The molecule has 3 heterocycles. The molecule has 0 aromatic heterocycles. The van der Waals surface area contributed by atoms with E-state index >= 15 is 0 Å². The third kappa shape index (κ3) is 3.82. The highest BCUT2D eigenvalue weighted by atomic mass is 16.6. The molecule has 30 heavy (non-hydrogen) atoms. The Labute approximate surface area is 176 Å². The first kappa shape index (κ1) is 20.5. The average Bonchev–Trinajstić information content (AvgIpc) is 3.05. The van der Waals surface area contributed by atoms with Crippen LogP contribution in [0.3, 0.4) is 0 Å². The van der Waals surface area contributed by atoms with E-state index in [4.69, 9.17) is 9.47 Å². The van der Waals surface area contributed by atoms with E-state index in [9.17, 15) is 14.4 Å². The monoisotopic (exact) mass is 415 g/mol. The molecule has 0 radical (unpaired) electrons. The highest BCUT2D eigenvalue weighted by molar-refractivity contribution is 6.07. The predicted octanol–water partition coefficient (Wildman–Crippen LogP) is 2.08. The molecular weight excluding hydrogens is 386 g/mol. The average molecular weight is 415 g/mol. The summed E-state index contributed by atoms with van der Waals surface area (Å²) in [6, 6.07) is 6.90. The third-order valence-electron chi connectivity index (χ3n) is 6.37. The van der Waals surface area contributed by atoms with Crippen LogP contribution in [0.1, 0.15) is 39.5 Å². The van der Waals surface area contributed by atoms with Crippen molar-refractivity contribution in [3.05, 3.63) is 24.3 Å². The Morgan fingerprint density at radius 1 is 1.20 bits per heavy atom. The molecule has 162 valence electrons. The summed E-state index contributed by atoms with van der Waals surface area (Å²) in [6.45, 7) is 5.45. The number of benzene rings is 1. The van der Waals surface area contributed by atoms with Gasteiger partial charge in [-0.2, -0.15) is 0 Å². The Morgan fingerprint density at radius 3 is 2.53 bits per heavy atom. The fraction of sp³-hybridized carbons (Fsp3) is 0.591. The molecule has 0 bridgehead atoms. The minimum Gasteiger partial charge on any atom is -0.485 e. The van der Waals surface area contributed by atoms with E-state index in [1.165, 1.54) is 0 Å². The van der Waals surface area contributed by atoms with Gasteiger partial charge in [0.05, 0.1) is 0 Å². The standard InChI is InChI=1S/C22H29N3O5/c1-14(2)7-10-22(20(27)23-21(28)24-22)15-8-11-25(12-9-15)19(26)18-13-29-16-5-3-4-6-17(16)30-18/h3-6,14-15,18H,7-13H2,1-2H3,(H2,23,24,27,28)/t18-,22+/m1/s1. The summed E-state index contributed by atoms with van der Waals surface area (Å²) in [5.74, 6) is 1.32. The lowest BCUT2D eigenvalue weighted by atomic mass is 9.74. The van der Waals surface area contributed by atoms with Gasteiger partial charge in [0, 0.05) is 13.1 Å². The SMILES string of the molecule is CC(C)CC[C@@]1(C2CCN(C(=O)[C@H]3COc4ccccc4O3)CC2)NC(=O)NC1=O. The number of ether oxygens (including phenoxy) is 2. The Balaban J connectivity index is 1.39. The lowest BCUT2D eigenvalue weighted by Crippen LogP contribution is -2.57. The Morgan fingerprint density at radius 2 is 1.90 bits per heavy atom. The molecule has 3 aliphatic rings. The summed E-state index contributed by atoms with van der Waals surface area (Å²) in [4.78, 5) is 39.3. The molecule has 1 aromatic rings. The molecule has 2 N–H and O–H groups in total. The number of nitrogens with zero attached hydrogens (tertiary/aromatic N) is 1. The minimum atomic E-state index is -0.875. The normalized spacial score (nSPS) is 26.5. The van der Waals surface area contributed by atoms with Gasteiger partial charge in [0.15, 0.2) is 11.5 Å². The van der Waals surface area contributed by atoms with Crippen LogP contribution in [-0.4, -0.2) is 54.1 Å². The number of amides is 4. The number of urea groups is 1. The summed E-state index contributed by atoms with van der Waals surface area (Å²) in [5.41, 5.74) is -0.875. The van der Waals surface area contributed by atoms with E-state index in [1.54, 1.807) is 11.0 Å². The van der Waals surface area contributed by atoms with Gasteiger partial charge in [-0.1, -0.05) is 26.0 Å². The van der Waals surface area contributed by atoms with Gasteiger partial charge in [0.2, 0.25) is 6.10 Å². The van der Waals surface area contributed by atoms with Gasteiger partial charge in [-0.3, -0.25) is 14.9 Å². The Bertz CT molecular complexity index is 834. The number of piperidine rings is 1. The maximum absolute atomic E-state index is 13.0. The number of hydrogen-bond acceptors (Lipinski definition) is 5. The quantitative estimate of drug-likeness (QED) is 0.718. The van der Waals surface area contributed by atoms with Crippen molar-refractivity contribution < 1.29 is 23.9 Å². The van der Waals surface area contributed by atoms with Crippen molar-refractivity contribution in [2.45, 2.75) is 51.2 Å². The molecular formula is C22H29N3O5. The van der Waals surface area contributed by atoms with Gasteiger partial charge in [0.25, 0.3) is 11.8 Å². The second-order valence-corrected chi connectivity index (χ2v) is 8.78. The molecule has 8 nitrogen and oxygen atoms in total. The van der Waals surface area contributed by atoms with Crippen molar-refractivity contribution in [2.75, 3.05) is 19.7 Å². The van der Waals surface area contributed by atoms with E-state index in [-0.39, 0.29) is 24.3 Å². The van der Waals surface area contributed by atoms with E-state index in [0.29, 0.717) is 49.8 Å². The number of fused-ring (bicyclic) bond motifs is 1. The fourth-order valence-corrected chi connectivity index (χ4v) is 4.63. The molecule has 4 amide bonds. The number of imide groups is 1. The predicted molar refractivity (Wildman–Crippen MR) is 109 cm³/mol. The number of para-hydroxylation sites is 2. The number of likely N-dealkylation sites (tertiary alicyclic amines) is 1. The van der Waals surface area contributed by atoms with E-state index in [1.807, 2.05) is 18.2 Å². The molecule has 8 heteroatoms. The lowest BCUT2D eigenvalue weighted by molar-refractivity contribution is -0.143. The molecule has 1 aromatic carbocycles.